The molecule has 1 heterocycles. The number of aliphatic hydroxyl groups is 1. The summed E-state index contributed by atoms with van der Waals surface area (Å²) in [6.45, 7) is 7.33. The Bertz CT molecular complexity index is 328. The summed E-state index contributed by atoms with van der Waals surface area (Å²) in [5.41, 5.74) is 1.15. The van der Waals surface area contributed by atoms with Gasteiger partial charge in [0.2, 0.25) is 0 Å². The van der Waals surface area contributed by atoms with E-state index in [1.54, 1.807) is 7.11 Å². The van der Waals surface area contributed by atoms with Crippen LogP contribution in [0.3, 0.4) is 0 Å². The number of hydrogen-bond donors (Lipinski definition) is 1. The number of hydrogen-bond acceptors (Lipinski definition) is 4. The molecule has 1 aliphatic heterocycles. The van der Waals surface area contributed by atoms with Crippen LogP contribution in [-0.2, 0) is 9.47 Å². The van der Waals surface area contributed by atoms with Crippen LogP contribution < -0.4 is 0 Å². The Hall–Kier alpha value is -0.680. The molecule has 0 aromatic heterocycles. The van der Waals surface area contributed by atoms with Gasteiger partial charge in [-0.25, -0.2) is 0 Å². The summed E-state index contributed by atoms with van der Waals surface area (Å²) >= 11 is 0. The molecule has 1 aliphatic rings. The predicted molar refractivity (Wildman–Crippen MR) is 81.8 cm³/mol. The quantitative estimate of drug-likeness (QED) is 0.746. The molecule has 0 fully saturated rings. The van der Waals surface area contributed by atoms with E-state index in [9.17, 15) is 5.11 Å². The largest absolute Gasteiger partial charge is 0.389 e. The monoisotopic (exact) mass is 283 g/mol. The third kappa shape index (κ3) is 6.18. The molecule has 0 saturated carbocycles. The lowest BCUT2D eigenvalue weighted by atomic mass is 9.97. The third-order valence-corrected chi connectivity index (χ3v) is 3.65. The standard InChI is InChI=1S/C16H29NO3/c1-13-11-14(2)16(18)15(19-4)7-5-6-8-17(3)9-10-20-12-13/h5,7,11,14-16,18H,6,8-10,12H2,1-4H3. The van der Waals surface area contributed by atoms with Crippen molar-refractivity contribution in [1.29, 1.82) is 0 Å². The predicted octanol–water partition coefficient (Wildman–Crippen LogP) is 1.85. The van der Waals surface area contributed by atoms with Crippen molar-refractivity contribution in [2.45, 2.75) is 32.5 Å². The van der Waals surface area contributed by atoms with Gasteiger partial charge in [0.15, 0.2) is 0 Å². The zero-order valence-corrected chi connectivity index (χ0v) is 13.2. The van der Waals surface area contributed by atoms with E-state index in [0.29, 0.717) is 6.61 Å². The summed E-state index contributed by atoms with van der Waals surface area (Å²) in [6, 6.07) is 0. The van der Waals surface area contributed by atoms with Gasteiger partial charge in [-0.1, -0.05) is 30.7 Å². The number of methoxy groups -OCH3 is 1. The number of rotatable bonds is 1. The Balaban J connectivity index is 2.75. The maximum atomic E-state index is 10.3. The van der Waals surface area contributed by atoms with E-state index in [4.69, 9.17) is 9.47 Å². The zero-order valence-electron chi connectivity index (χ0n) is 13.2. The maximum Gasteiger partial charge on any atom is 0.102 e. The van der Waals surface area contributed by atoms with Gasteiger partial charge in [-0.15, -0.1) is 0 Å². The SMILES string of the molecule is COC1C=CCCN(C)CCOCC(C)=CC(C)C1O. The van der Waals surface area contributed by atoms with Crippen molar-refractivity contribution in [1.82, 2.24) is 4.90 Å². The van der Waals surface area contributed by atoms with Crippen LogP contribution in [0.15, 0.2) is 23.8 Å². The van der Waals surface area contributed by atoms with E-state index in [2.05, 4.69) is 24.1 Å². The van der Waals surface area contributed by atoms with Crippen LogP contribution in [0.4, 0.5) is 0 Å². The van der Waals surface area contributed by atoms with E-state index >= 15 is 0 Å². The first-order valence-corrected chi connectivity index (χ1v) is 7.35. The van der Waals surface area contributed by atoms with Gasteiger partial charge in [-0.3, -0.25) is 0 Å². The van der Waals surface area contributed by atoms with Gasteiger partial charge in [0.25, 0.3) is 0 Å². The van der Waals surface area contributed by atoms with Gasteiger partial charge < -0.3 is 19.5 Å². The van der Waals surface area contributed by atoms with Crippen molar-refractivity contribution >= 4 is 0 Å². The molecule has 4 nitrogen and oxygen atoms in total. The fourth-order valence-electron chi connectivity index (χ4n) is 2.32. The Morgan fingerprint density at radius 3 is 2.85 bits per heavy atom. The minimum atomic E-state index is -0.535. The molecule has 0 aromatic carbocycles. The minimum absolute atomic E-state index is 0.0406. The molecule has 0 radical (unpaired) electrons. The highest BCUT2D eigenvalue weighted by molar-refractivity contribution is 5.05. The molecule has 1 N–H and O–H groups in total. The van der Waals surface area contributed by atoms with Crippen molar-refractivity contribution in [3.05, 3.63) is 23.8 Å². The summed E-state index contributed by atoms with van der Waals surface area (Å²) in [5, 5.41) is 10.3. The van der Waals surface area contributed by atoms with E-state index in [-0.39, 0.29) is 12.0 Å². The van der Waals surface area contributed by atoms with Gasteiger partial charge >= 0.3 is 0 Å². The lowest BCUT2D eigenvalue weighted by Crippen LogP contribution is -2.32. The van der Waals surface area contributed by atoms with Gasteiger partial charge in [0, 0.05) is 26.1 Å². The molecule has 0 aromatic rings. The van der Waals surface area contributed by atoms with Gasteiger partial charge in [0.05, 0.1) is 19.3 Å². The average molecular weight is 283 g/mol. The van der Waals surface area contributed by atoms with Crippen LogP contribution in [-0.4, -0.2) is 62.7 Å². The van der Waals surface area contributed by atoms with Gasteiger partial charge in [0.1, 0.15) is 6.10 Å². The maximum absolute atomic E-state index is 10.3. The molecular weight excluding hydrogens is 254 g/mol. The lowest BCUT2D eigenvalue weighted by Gasteiger charge is -2.24. The second-order valence-corrected chi connectivity index (χ2v) is 5.64. The second kappa shape index (κ2) is 9.29. The molecule has 0 bridgehead atoms. The van der Waals surface area contributed by atoms with Crippen LogP contribution >= 0.6 is 0 Å². The normalized spacial score (nSPS) is 31.6. The molecule has 0 aliphatic carbocycles. The van der Waals surface area contributed by atoms with Gasteiger partial charge in [-0.2, -0.15) is 0 Å². The topological polar surface area (TPSA) is 41.9 Å². The van der Waals surface area contributed by atoms with Crippen LogP contribution in [0.2, 0.25) is 0 Å². The van der Waals surface area contributed by atoms with Crippen molar-refractivity contribution in [2.24, 2.45) is 5.92 Å². The minimum Gasteiger partial charge on any atom is -0.389 e. The molecule has 3 unspecified atom stereocenters. The summed E-state index contributed by atoms with van der Waals surface area (Å²) in [4.78, 5) is 2.25. The Kier molecular flexibility index (Phi) is 8.07. The Morgan fingerprint density at radius 1 is 1.40 bits per heavy atom. The van der Waals surface area contributed by atoms with Crippen molar-refractivity contribution in [3.63, 3.8) is 0 Å². The number of nitrogens with zero attached hydrogens (tertiary/aromatic N) is 1. The van der Waals surface area contributed by atoms with E-state index in [1.807, 2.05) is 19.9 Å². The van der Waals surface area contributed by atoms with Crippen molar-refractivity contribution < 1.29 is 14.6 Å². The molecule has 0 saturated heterocycles. The average Bonchev–Trinajstić information content (AvgIpc) is 2.42. The van der Waals surface area contributed by atoms with Crippen LogP contribution in [0.5, 0.6) is 0 Å². The van der Waals surface area contributed by atoms with E-state index in [1.165, 1.54) is 0 Å². The highest BCUT2D eigenvalue weighted by atomic mass is 16.5. The summed E-state index contributed by atoms with van der Waals surface area (Å²) in [7, 11) is 3.73. The molecule has 4 heteroatoms. The van der Waals surface area contributed by atoms with Crippen molar-refractivity contribution in [2.75, 3.05) is 40.5 Å². The smallest absolute Gasteiger partial charge is 0.102 e. The van der Waals surface area contributed by atoms with Crippen LogP contribution in [0, 0.1) is 5.92 Å². The Labute approximate surface area is 123 Å². The first kappa shape index (κ1) is 17.4. The fraction of sp³-hybridized carbons (Fsp3) is 0.750. The van der Waals surface area contributed by atoms with Crippen molar-refractivity contribution in [3.8, 4) is 0 Å². The molecule has 3 atom stereocenters. The molecule has 116 valence electrons. The van der Waals surface area contributed by atoms with E-state index in [0.717, 1.165) is 31.7 Å². The zero-order chi connectivity index (χ0) is 15.0. The number of aliphatic hydroxyl groups excluding tert-OH is 1. The molecule has 0 amide bonds. The molecule has 1 rings (SSSR count). The van der Waals surface area contributed by atoms with Crippen LogP contribution in [0.25, 0.3) is 0 Å². The Morgan fingerprint density at radius 2 is 2.15 bits per heavy atom. The molecular formula is C16H29NO3. The van der Waals surface area contributed by atoms with Crippen LogP contribution in [0.1, 0.15) is 20.3 Å². The first-order valence-electron chi connectivity index (χ1n) is 7.35. The highest BCUT2D eigenvalue weighted by Crippen LogP contribution is 2.15. The lowest BCUT2D eigenvalue weighted by molar-refractivity contribution is -0.00210. The molecule has 0 spiro atoms. The summed E-state index contributed by atoms with van der Waals surface area (Å²) in [5.74, 6) is 0.0406. The fourth-order valence-corrected chi connectivity index (χ4v) is 2.32. The highest BCUT2D eigenvalue weighted by Gasteiger charge is 2.21. The van der Waals surface area contributed by atoms with Gasteiger partial charge in [-0.05, 0) is 20.4 Å². The first-order chi connectivity index (χ1) is 9.54. The molecule has 20 heavy (non-hydrogen) atoms. The summed E-state index contributed by atoms with van der Waals surface area (Å²) in [6.07, 6.45) is 6.28. The number of likely N-dealkylation sites (N-methyl/N-ethyl adjacent to an activating group) is 1. The van der Waals surface area contributed by atoms with E-state index < -0.39 is 6.10 Å². The second-order valence-electron chi connectivity index (χ2n) is 5.64. The number of ether oxygens (including phenoxy) is 2. The summed E-state index contributed by atoms with van der Waals surface area (Å²) < 4.78 is 11.0. The third-order valence-electron chi connectivity index (χ3n) is 3.65.